The van der Waals surface area contributed by atoms with Gasteiger partial charge in [0, 0.05) is 5.69 Å². The summed E-state index contributed by atoms with van der Waals surface area (Å²) in [5.74, 6) is 0. The fraction of sp³-hybridized carbons (Fsp3) is 0.500. The molecule has 2 rings (SSSR count). The molecule has 94 valence electrons. The molecule has 1 aliphatic carbocycles. The molecule has 1 saturated carbocycles. The lowest BCUT2D eigenvalue weighted by atomic mass is 10.1. The van der Waals surface area contributed by atoms with Gasteiger partial charge in [0.25, 0.3) is 0 Å². The van der Waals surface area contributed by atoms with Gasteiger partial charge in [-0.15, -0.1) is 0 Å². The van der Waals surface area contributed by atoms with E-state index >= 15 is 0 Å². The second-order valence-electron chi connectivity index (χ2n) is 4.50. The van der Waals surface area contributed by atoms with Crippen molar-refractivity contribution in [3.8, 4) is 0 Å². The maximum atomic E-state index is 12.6. The van der Waals surface area contributed by atoms with Crippen LogP contribution >= 0.6 is 0 Å². The van der Waals surface area contributed by atoms with E-state index in [1.54, 1.807) is 18.2 Å². The lowest BCUT2D eigenvalue weighted by molar-refractivity contribution is -0.165. The van der Waals surface area contributed by atoms with Crippen LogP contribution in [-0.2, 0) is 6.42 Å². The molecule has 0 aliphatic heterocycles. The van der Waals surface area contributed by atoms with E-state index in [1.807, 2.05) is 6.07 Å². The van der Waals surface area contributed by atoms with Crippen molar-refractivity contribution in [2.24, 2.45) is 0 Å². The smallest absolute Gasteiger partial charge is 0.399 e. The molecular formula is C12H15F3N2. The Labute approximate surface area is 98.0 Å². The van der Waals surface area contributed by atoms with Crippen LogP contribution in [0.1, 0.15) is 18.4 Å². The third-order valence-electron chi connectivity index (χ3n) is 3.12. The summed E-state index contributed by atoms with van der Waals surface area (Å²) in [6, 6.07) is 7.22. The number of nitrogen functional groups attached to an aromatic ring is 1. The topological polar surface area (TPSA) is 38.0 Å². The minimum atomic E-state index is -4.14. The van der Waals surface area contributed by atoms with Crippen LogP contribution in [-0.4, -0.2) is 18.3 Å². The summed E-state index contributed by atoms with van der Waals surface area (Å²) >= 11 is 0. The van der Waals surface area contributed by atoms with Crippen LogP contribution in [0, 0.1) is 0 Å². The van der Waals surface area contributed by atoms with E-state index < -0.39 is 11.7 Å². The molecule has 0 atom stereocenters. The molecule has 0 bridgehead atoms. The predicted octanol–water partition coefficient (Wildman–Crippen LogP) is 2.50. The Kier molecular flexibility index (Phi) is 3.03. The fourth-order valence-corrected chi connectivity index (χ4v) is 1.88. The summed E-state index contributed by atoms with van der Waals surface area (Å²) in [5, 5.41) is 2.61. The number of nitrogens with two attached hydrogens (primary N) is 1. The van der Waals surface area contributed by atoms with E-state index in [4.69, 9.17) is 5.73 Å². The van der Waals surface area contributed by atoms with Crippen molar-refractivity contribution in [3.05, 3.63) is 29.8 Å². The molecule has 0 heterocycles. The highest BCUT2D eigenvalue weighted by atomic mass is 19.4. The van der Waals surface area contributed by atoms with E-state index in [9.17, 15) is 13.2 Å². The number of benzene rings is 1. The molecule has 0 radical (unpaired) electrons. The van der Waals surface area contributed by atoms with Gasteiger partial charge in [-0.3, -0.25) is 0 Å². The summed E-state index contributed by atoms with van der Waals surface area (Å²) in [4.78, 5) is 0. The van der Waals surface area contributed by atoms with Gasteiger partial charge in [0.05, 0.1) is 0 Å². The number of alkyl halides is 3. The molecule has 2 nitrogen and oxygen atoms in total. The maximum absolute atomic E-state index is 12.6. The molecule has 0 spiro atoms. The summed E-state index contributed by atoms with van der Waals surface area (Å²) in [6.45, 7) is 0.322. The van der Waals surface area contributed by atoms with Gasteiger partial charge in [-0.1, -0.05) is 12.1 Å². The monoisotopic (exact) mass is 244 g/mol. The van der Waals surface area contributed by atoms with Gasteiger partial charge in [-0.05, 0) is 43.5 Å². The molecule has 1 aliphatic rings. The summed E-state index contributed by atoms with van der Waals surface area (Å²) in [7, 11) is 0. The van der Waals surface area contributed by atoms with Crippen LogP contribution in [0.2, 0.25) is 0 Å². The Balaban J connectivity index is 1.85. The van der Waals surface area contributed by atoms with Crippen LogP contribution in [0.3, 0.4) is 0 Å². The first-order chi connectivity index (χ1) is 7.93. The first-order valence-corrected chi connectivity index (χ1v) is 5.59. The third kappa shape index (κ3) is 2.72. The zero-order valence-electron chi connectivity index (χ0n) is 9.35. The Morgan fingerprint density at radius 3 is 2.53 bits per heavy atom. The predicted molar refractivity (Wildman–Crippen MR) is 60.6 cm³/mol. The molecule has 0 amide bonds. The lowest BCUT2D eigenvalue weighted by Crippen LogP contribution is -2.45. The summed E-state index contributed by atoms with van der Waals surface area (Å²) < 4.78 is 37.8. The average Bonchev–Trinajstić information content (AvgIpc) is 2.98. The van der Waals surface area contributed by atoms with E-state index in [0.29, 0.717) is 18.7 Å². The van der Waals surface area contributed by atoms with E-state index in [0.717, 1.165) is 5.56 Å². The number of hydrogen-bond donors (Lipinski definition) is 2. The van der Waals surface area contributed by atoms with Crippen molar-refractivity contribution >= 4 is 5.69 Å². The van der Waals surface area contributed by atoms with Gasteiger partial charge in [0.2, 0.25) is 0 Å². The molecule has 1 aromatic rings. The van der Waals surface area contributed by atoms with E-state index in [-0.39, 0.29) is 12.8 Å². The van der Waals surface area contributed by atoms with Crippen molar-refractivity contribution in [2.75, 3.05) is 12.3 Å². The summed E-state index contributed by atoms with van der Waals surface area (Å²) in [5.41, 5.74) is 5.57. The first kappa shape index (κ1) is 12.2. The SMILES string of the molecule is Nc1cccc(CCNC2(C(F)(F)F)CC2)c1. The summed E-state index contributed by atoms with van der Waals surface area (Å²) in [6.07, 6.45) is -3.20. The Hall–Kier alpha value is -1.23. The van der Waals surface area contributed by atoms with E-state index in [2.05, 4.69) is 5.32 Å². The number of anilines is 1. The number of hydrogen-bond acceptors (Lipinski definition) is 2. The zero-order chi connectivity index (χ0) is 12.5. The van der Waals surface area contributed by atoms with Gasteiger partial charge >= 0.3 is 6.18 Å². The molecule has 0 saturated heterocycles. The average molecular weight is 244 g/mol. The normalized spacial score (nSPS) is 18.1. The third-order valence-corrected chi connectivity index (χ3v) is 3.12. The largest absolute Gasteiger partial charge is 0.406 e. The number of rotatable bonds is 4. The second-order valence-corrected chi connectivity index (χ2v) is 4.50. The van der Waals surface area contributed by atoms with Crippen LogP contribution in [0.5, 0.6) is 0 Å². The van der Waals surface area contributed by atoms with Gasteiger partial charge < -0.3 is 11.1 Å². The zero-order valence-corrected chi connectivity index (χ0v) is 9.35. The van der Waals surface area contributed by atoms with Gasteiger partial charge in [-0.25, -0.2) is 0 Å². The molecule has 17 heavy (non-hydrogen) atoms. The molecule has 3 N–H and O–H groups in total. The molecule has 1 fully saturated rings. The fourth-order valence-electron chi connectivity index (χ4n) is 1.88. The van der Waals surface area contributed by atoms with Crippen LogP contribution in [0.4, 0.5) is 18.9 Å². The Morgan fingerprint density at radius 1 is 1.29 bits per heavy atom. The standard InChI is InChI=1S/C12H15F3N2/c13-12(14,15)11(5-6-11)17-7-4-9-2-1-3-10(16)8-9/h1-3,8,17H,4-7,16H2. The molecule has 0 aromatic heterocycles. The maximum Gasteiger partial charge on any atom is 0.406 e. The molecule has 0 unspecified atom stereocenters. The quantitative estimate of drug-likeness (QED) is 0.799. The van der Waals surface area contributed by atoms with Crippen molar-refractivity contribution < 1.29 is 13.2 Å². The number of halogens is 3. The van der Waals surface area contributed by atoms with Crippen LogP contribution in [0.15, 0.2) is 24.3 Å². The van der Waals surface area contributed by atoms with Crippen LogP contribution < -0.4 is 11.1 Å². The first-order valence-electron chi connectivity index (χ1n) is 5.59. The minimum absolute atomic E-state index is 0.188. The Morgan fingerprint density at radius 2 is 2.00 bits per heavy atom. The highest BCUT2D eigenvalue weighted by molar-refractivity contribution is 5.40. The highest BCUT2D eigenvalue weighted by Crippen LogP contribution is 2.48. The van der Waals surface area contributed by atoms with Gasteiger partial charge in [-0.2, -0.15) is 13.2 Å². The van der Waals surface area contributed by atoms with Crippen molar-refractivity contribution in [1.29, 1.82) is 0 Å². The molecular weight excluding hydrogens is 229 g/mol. The lowest BCUT2D eigenvalue weighted by Gasteiger charge is -2.20. The van der Waals surface area contributed by atoms with Gasteiger partial charge in [0.15, 0.2) is 0 Å². The van der Waals surface area contributed by atoms with Crippen molar-refractivity contribution in [3.63, 3.8) is 0 Å². The van der Waals surface area contributed by atoms with Crippen LogP contribution in [0.25, 0.3) is 0 Å². The minimum Gasteiger partial charge on any atom is -0.399 e. The van der Waals surface area contributed by atoms with Crippen molar-refractivity contribution in [1.82, 2.24) is 5.32 Å². The van der Waals surface area contributed by atoms with E-state index in [1.165, 1.54) is 0 Å². The molecule has 5 heteroatoms. The highest BCUT2D eigenvalue weighted by Gasteiger charge is 2.62. The molecule has 1 aromatic carbocycles. The van der Waals surface area contributed by atoms with Crippen molar-refractivity contribution in [2.45, 2.75) is 31.0 Å². The second kappa shape index (κ2) is 4.22. The number of nitrogens with one attached hydrogen (secondary N) is 1. The van der Waals surface area contributed by atoms with Gasteiger partial charge in [0.1, 0.15) is 5.54 Å². The Bertz CT molecular complexity index is 397.